The smallest absolute Gasteiger partial charge is 0.317 e. The molecule has 1 aromatic carbocycles. The van der Waals surface area contributed by atoms with Crippen LogP contribution in [-0.4, -0.2) is 35.1 Å². The molecule has 0 bridgehead atoms. The van der Waals surface area contributed by atoms with Gasteiger partial charge in [0.25, 0.3) is 0 Å². The quantitative estimate of drug-likeness (QED) is 0.882. The number of hydrogen-bond donors (Lipinski definition) is 2. The molecule has 0 aliphatic carbocycles. The lowest BCUT2D eigenvalue weighted by Crippen LogP contribution is -2.54. The van der Waals surface area contributed by atoms with Crippen molar-refractivity contribution in [1.29, 1.82) is 0 Å². The third kappa shape index (κ3) is 3.43. The molecule has 5 nitrogen and oxygen atoms in total. The monoisotopic (exact) mass is 284 g/mol. The van der Waals surface area contributed by atoms with Crippen molar-refractivity contribution in [3.05, 3.63) is 35.4 Å². The number of hydrogen-bond acceptors (Lipinski definition) is 2. The van der Waals surface area contributed by atoms with Crippen molar-refractivity contribution in [2.75, 3.05) is 13.1 Å². The maximum atomic E-state index is 13.3. The van der Waals surface area contributed by atoms with Gasteiger partial charge in [-0.3, -0.25) is 4.79 Å². The number of carboxylic acid groups (broad SMARTS) is 1. The van der Waals surface area contributed by atoms with Gasteiger partial charge in [-0.15, -0.1) is 0 Å². The highest BCUT2D eigenvalue weighted by molar-refractivity contribution is 5.75. The Morgan fingerprint density at radius 2 is 2.05 bits per heavy atom. The number of urea groups is 1. The maximum absolute atomic E-state index is 13.3. The highest BCUT2D eigenvalue weighted by Crippen LogP contribution is 2.19. The number of carbonyl (C=O) groups excluding carboxylic acids is 1. The number of aliphatic carboxylic acids is 1. The van der Waals surface area contributed by atoms with Crippen LogP contribution in [-0.2, 0) is 11.3 Å². The van der Waals surface area contributed by atoms with E-state index in [0.717, 1.165) is 18.2 Å². The molecule has 0 atom stereocenters. The molecule has 2 amide bonds. The fourth-order valence-electron chi connectivity index (χ4n) is 2.07. The summed E-state index contributed by atoms with van der Waals surface area (Å²) >= 11 is 0. The van der Waals surface area contributed by atoms with Crippen LogP contribution in [0.5, 0.6) is 0 Å². The van der Waals surface area contributed by atoms with Crippen LogP contribution >= 0.6 is 0 Å². The Labute approximate surface area is 114 Å². The Morgan fingerprint density at radius 3 is 2.70 bits per heavy atom. The first-order valence-electron chi connectivity index (χ1n) is 6.14. The lowest BCUT2D eigenvalue weighted by molar-refractivity contribution is -0.139. The summed E-state index contributed by atoms with van der Waals surface area (Å²) in [7, 11) is 0. The topological polar surface area (TPSA) is 69.6 Å². The molecular weight excluding hydrogens is 270 g/mol. The molecule has 1 fully saturated rings. The predicted molar refractivity (Wildman–Crippen MR) is 65.9 cm³/mol. The molecule has 1 saturated heterocycles. The van der Waals surface area contributed by atoms with Crippen LogP contribution in [0, 0.1) is 17.6 Å². The van der Waals surface area contributed by atoms with Crippen LogP contribution < -0.4 is 5.32 Å². The molecule has 7 heteroatoms. The molecule has 1 heterocycles. The summed E-state index contributed by atoms with van der Waals surface area (Å²) in [4.78, 5) is 23.6. The normalized spacial score (nSPS) is 14.8. The highest BCUT2D eigenvalue weighted by atomic mass is 19.1. The zero-order valence-corrected chi connectivity index (χ0v) is 10.6. The van der Waals surface area contributed by atoms with Crippen molar-refractivity contribution >= 4 is 12.0 Å². The number of nitrogens with zero attached hydrogens (tertiary/aromatic N) is 1. The first-order chi connectivity index (χ1) is 9.45. The summed E-state index contributed by atoms with van der Waals surface area (Å²) in [6.45, 7) is 0.621. The third-order valence-electron chi connectivity index (χ3n) is 3.15. The Balaban J connectivity index is 1.79. The van der Waals surface area contributed by atoms with Crippen LogP contribution in [0.2, 0.25) is 0 Å². The molecule has 0 aromatic heterocycles. The number of likely N-dealkylation sites (tertiary alicyclic amines) is 1. The van der Waals surface area contributed by atoms with Crippen molar-refractivity contribution < 1.29 is 23.5 Å². The second-order valence-electron chi connectivity index (χ2n) is 4.76. The van der Waals surface area contributed by atoms with E-state index >= 15 is 0 Å². The average Bonchev–Trinajstić information content (AvgIpc) is 2.33. The number of rotatable bonds is 4. The fraction of sp³-hybridized carbons (Fsp3) is 0.385. The van der Waals surface area contributed by atoms with E-state index in [2.05, 4.69) is 5.32 Å². The number of halogens is 2. The number of nitrogens with one attached hydrogen (secondary N) is 1. The minimum absolute atomic E-state index is 0.0301. The fourth-order valence-corrected chi connectivity index (χ4v) is 2.07. The van der Waals surface area contributed by atoms with Crippen LogP contribution in [0.25, 0.3) is 0 Å². The van der Waals surface area contributed by atoms with Crippen molar-refractivity contribution in [3.63, 3.8) is 0 Å². The molecule has 1 aromatic rings. The Kier molecular flexibility index (Phi) is 4.16. The summed E-state index contributed by atoms with van der Waals surface area (Å²) in [5, 5.41) is 11.1. The van der Waals surface area contributed by atoms with E-state index < -0.39 is 23.6 Å². The van der Waals surface area contributed by atoms with E-state index in [1.54, 1.807) is 0 Å². The zero-order chi connectivity index (χ0) is 14.7. The van der Waals surface area contributed by atoms with Gasteiger partial charge in [0.1, 0.15) is 11.6 Å². The van der Waals surface area contributed by atoms with Crippen LogP contribution in [0.1, 0.15) is 12.0 Å². The van der Waals surface area contributed by atoms with Crippen molar-refractivity contribution in [1.82, 2.24) is 10.2 Å². The number of amides is 2. The lowest BCUT2D eigenvalue weighted by atomic mass is 9.97. The second-order valence-corrected chi connectivity index (χ2v) is 4.76. The summed E-state index contributed by atoms with van der Waals surface area (Å²) in [5.41, 5.74) is 0.0703. The SMILES string of the molecule is O=C(O)CC1CN(C(=O)NCc2cc(F)ccc2F)C1. The van der Waals surface area contributed by atoms with Gasteiger partial charge in [0.2, 0.25) is 0 Å². The van der Waals surface area contributed by atoms with E-state index in [1.165, 1.54) is 4.90 Å². The summed E-state index contributed by atoms with van der Waals surface area (Å²) < 4.78 is 26.3. The number of carboxylic acids is 1. The second kappa shape index (κ2) is 5.85. The van der Waals surface area contributed by atoms with E-state index in [9.17, 15) is 18.4 Å². The van der Waals surface area contributed by atoms with Crippen molar-refractivity contribution in [2.45, 2.75) is 13.0 Å². The zero-order valence-electron chi connectivity index (χ0n) is 10.6. The van der Waals surface area contributed by atoms with Gasteiger partial charge in [-0.25, -0.2) is 13.6 Å². The first-order valence-corrected chi connectivity index (χ1v) is 6.14. The van der Waals surface area contributed by atoms with Crippen molar-refractivity contribution in [2.24, 2.45) is 5.92 Å². The van der Waals surface area contributed by atoms with Crippen LogP contribution in [0.4, 0.5) is 13.6 Å². The highest BCUT2D eigenvalue weighted by Gasteiger charge is 2.31. The van der Waals surface area contributed by atoms with Gasteiger partial charge in [0, 0.05) is 31.1 Å². The lowest BCUT2D eigenvalue weighted by Gasteiger charge is -2.38. The number of benzene rings is 1. The summed E-state index contributed by atoms with van der Waals surface area (Å²) in [5.74, 6) is -2.08. The standard InChI is InChI=1S/C13H14F2N2O3/c14-10-1-2-11(15)9(4-10)5-16-13(20)17-6-8(7-17)3-12(18)19/h1-2,4,8H,3,5-7H2,(H,16,20)(H,18,19). The van der Waals surface area contributed by atoms with Gasteiger partial charge in [-0.1, -0.05) is 0 Å². The molecule has 0 radical (unpaired) electrons. The maximum Gasteiger partial charge on any atom is 0.317 e. The van der Waals surface area contributed by atoms with E-state index in [4.69, 9.17) is 5.11 Å². The molecule has 108 valence electrons. The average molecular weight is 284 g/mol. The minimum atomic E-state index is -0.892. The van der Waals surface area contributed by atoms with E-state index in [-0.39, 0.29) is 24.4 Å². The van der Waals surface area contributed by atoms with Gasteiger partial charge in [0.15, 0.2) is 0 Å². The van der Waals surface area contributed by atoms with Crippen LogP contribution in [0.3, 0.4) is 0 Å². The molecule has 1 aliphatic rings. The van der Waals surface area contributed by atoms with E-state index in [0.29, 0.717) is 13.1 Å². The van der Waals surface area contributed by atoms with Crippen LogP contribution in [0.15, 0.2) is 18.2 Å². The van der Waals surface area contributed by atoms with Gasteiger partial charge >= 0.3 is 12.0 Å². The Bertz CT molecular complexity index is 530. The molecule has 2 rings (SSSR count). The first kappa shape index (κ1) is 14.2. The molecule has 0 unspecified atom stereocenters. The van der Waals surface area contributed by atoms with Crippen molar-refractivity contribution in [3.8, 4) is 0 Å². The molecule has 0 saturated carbocycles. The summed E-state index contributed by atoms with van der Waals surface area (Å²) in [6.07, 6.45) is 0.0301. The third-order valence-corrected chi connectivity index (χ3v) is 3.15. The predicted octanol–water partition coefficient (Wildman–Crippen LogP) is 1.58. The molecular formula is C13H14F2N2O3. The van der Waals surface area contributed by atoms with Gasteiger partial charge in [-0.05, 0) is 18.2 Å². The van der Waals surface area contributed by atoms with Gasteiger partial charge in [0.05, 0.1) is 6.42 Å². The van der Waals surface area contributed by atoms with Gasteiger partial charge in [-0.2, -0.15) is 0 Å². The van der Waals surface area contributed by atoms with Gasteiger partial charge < -0.3 is 15.3 Å². The Morgan fingerprint density at radius 1 is 1.35 bits per heavy atom. The number of carbonyl (C=O) groups is 2. The Hall–Kier alpha value is -2.18. The molecule has 0 spiro atoms. The summed E-state index contributed by atoms with van der Waals surface area (Å²) in [6, 6.07) is 2.63. The molecule has 1 aliphatic heterocycles. The minimum Gasteiger partial charge on any atom is -0.481 e. The molecule has 20 heavy (non-hydrogen) atoms. The van der Waals surface area contributed by atoms with E-state index in [1.807, 2.05) is 0 Å². The largest absolute Gasteiger partial charge is 0.481 e. The molecule has 2 N–H and O–H groups in total.